The first-order chi connectivity index (χ1) is 15.3. The lowest BCUT2D eigenvalue weighted by atomic mass is 10.2. The Morgan fingerprint density at radius 3 is 2.62 bits per heavy atom. The van der Waals surface area contributed by atoms with Crippen LogP contribution in [0.3, 0.4) is 0 Å². The Labute approximate surface area is 191 Å². The SMILES string of the molecule is Cc1ccc(NC(=O)Cc2nc(COC(=O)c3sc4nc(C)[nH]c(=O)c4c3C)cs2)cc1. The van der Waals surface area contributed by atoms with Crippen LogP contribution in [0, 0.1) is 20.8 Å². The molecule has 0 atom stereocenters. The fourth-order valence-electron chi connectivity index (χ4n) is 3.13. The predicted octanol–water partition coefficient (Wildman–Crippen LogP) is 3.90. The number of esters is 1. The van der Waals surface area contributed by atoms with Crippen LogP contribution in [-0.4, -0.2) is 26.8 Å². The average molecular weight is 469 g/mol. The van der Waals surface area contributed by atoms with E-state index in [1.165, 1.54) is 11.3 Å². The van der Waals surface area contributed by atoms with Gasteiger partial charge >= 0.3 is 5.97 Å². The molecule has 164 valence electrons. The summed E-state index contributed by atoms with van der Waals surface area (Å²) in [5.74, 6) is -0.208. The van der Waals surface area contributed by atoms with Crippen molar-refractivity contribution in [1.29, 1.82) is 0 Å². The Morgan fingerprint density at radius 2 is 1.88 bits per heavy atom. The molecule has 0 saturated carbocycles. The second-order valence-electron chi connectivity index (χ2n) is 7.29. The molecule has 0 aliphatic carbocycles. The number of rotatable bonds is 6. The molecular formula is C22H20N4O4S2. The van der Waals surface area contributed by atoms with Gasteiger partial charge in [-0.1, -0.05) is 17.7 Å². The molecule has 0 radical (unpaired) electrons. The lowest BCUT2D eigenvalue weighted by Gasteiger charge is -2.04. The zero-order valence-electron chi connectivity index (χ0n) is 17.6. The Morgan fingerprint density at radius 1 is 1.12 bits per heavy atom. The highest BCUT2D eigenvalue weighted by molar-refractivity contribution is 7.20. The molecule has 0 bridgehead atoms. The molecule has 4 rings (SSSR count). The van der Waals surface area contributed by atoms with Crippen LogP contribution in [0.5, 0.6) is 0 Å². The fraction of sp³-hybridized carbons (Fsp3) is 0.227. The van der Waals surface area contributed by atoms with E-state index in [0.717, 1.165) is 22.6 Å². The lowest BCUT2D eigenvalue weighted by molar-refractivity contribution is -0.115. The van der Waals surface area contributed by atoms with E-state index in [1.807, 2.05) is 31.2 Å². The second kappa shape index (κ2) is 9.01. The highest BCUT2D eigenvalue weighted by Crippen LogP contribution is 2.28. The van der Waals surface area contributed by atoms with Crippen molar-refractivity contribution in [2.24, 2.45) is 0 Å². The third-order valence-electron chi connectivity index (χ3n) is 4.70. The van der Waals surface area contributed by atoms with Gasteiger partial charge < -0.3 is 15.0 Å². The van der Waals surface area contributed by atoms with Crippen molar-refractivity contribution in [2.75, 3.05) is 5.32 Å². The molecule has 0 aliphatic rings. The first-order valence-electron chi connectivity index (χ1n) is 9.77. The molecule has 1 aromatic carbocycles. The minimum atomic E-state index is -0.533. The molecule has 0 unspecified atom stereocenters. The summed E-state index contributed by atoms with van der Waals surface area (Å²) in [5, 5.41) is 5.63. The molecule has 10 heteroatoms. The van der Waals surface area contributed by atoms with Gasteiger partial charge in [0.25, 0.3) is 5.56 Å². The average Bonchev–Trinajstić information content (AvgIpc) is 3.31. The van der Waals surface area contributed by atoms with E-state index in [9.17, 15) is 14.4 Å². The maximum atomic E-state index is 12.6. The summed E-state index contributed by atoms with van der Waals surface area (Å²) in [6.07, 6.45) is 0.135. The molecule has 0 aliphatic heterocycles. The number of hydrogen-bond acceptors (Lipinski definition) is 8. The molecule has 8 nitrogen and oxygen atoms in total. The van der Waals surface area contributed by atoms with Crippen LogP contribution in [0.2, 0.25) is 0 Å². The van der Waals surface area contributed by atoms with Gasteiger partial charge in [-0.2, -0.15) is 0 Å². The zero-order chi connectivity index (χ0) is 22.8. The molecule has 0 saturated heterocycles. The van der Waals surface area contributed by atoms with Crippen molar-refractivity contribution < 1.29 is 14.3 Å². The van der Waals surface area contributed by atoms with Gasteiger partial charge in [-0.3, -0.25) is 9.59 Å². The Bertz CT molecular complexity index is 1370. The monoisotopic (exact) mass is 468 g/mol. The van der Waals surface area contributed by atoms with Crippen molar-refractivity contribution >= 4 is 50.5 Å². The number of carbonyl (C=O) groups excluding carboxylic acids is 2. The number of aromatic amines is 1. The summed E-state index contributed by atoms with van der Waals surface area (Å²) in [5.41, 5.74) is 2.69. The summed E-state index contributed by atoms with van der Waals surface area (Å²) in [6.45, 7) is 5.35. The van der Waals surface area contributed by atoms with Gasteiger partial charge in [0.1, 0.15) is 27.1 Å². The number of hydrogen-bond donors (Lipinski definition) is 2. The molecule has 3 aromatic heterocycles. The van der Waals surface area contributed by atoms with E-state index >= 15 is 0 Å². The van der Waals surface area contributed by atoms with E-state index in [1.54, 1.807) is 19.2 Å². The van der Waals surface area contributed by atoms with Gasteiger partial charge in [0.2, 0.25) is 5.91 Å². The van der Waals surface area contributed by atoms with E-state index in [4.69, 9.17) is 4.74 Å². The number of benzene rings is 1. The first kappa shape index (κ1) is 21.8. The van der Waals surface area contributed by atoms with Gasteiger partial charge in [0, 0.05) is 11.1 Å². The van der Waals surface area contributed by atoms with E-state index in [2.05, 4.69) is 20.3 Å². The molecule has 0 fully saturated rings. The van der Waals surface area contributed by atoms with Crippen molar-refractivity contribution in [1.82, 2.24) is 15.0 Å². The maximum absolute atomic E-state index is 12.6. The lowest BCUT2D eigenvalue weighted by Crippen LogP contribution is -2.14. The van der Waals surface area contributed by atoms with Crippen molar-refractivity contribution in [3.8, 4) is 0 Å². The molecule has 1 amide bonds. The van der Waals surface area contributed by atoms with Crippen LogP contribution in [0.15, 0.2) is 34.4 Å². The highest BCUT2D eigenvalue weighted by atomic mass is 32.1. The van der Waals surface area contributed by atoms with E-state index in [0.29, 0.717) is 37.2 Å². The third kappa shape index (κ3) is 4.76. The van der Waals surface area contributed by atoms with Crippen LogP contribution in [0.4, 0.5) is 5.69 Å². The van der Waals surface area contributed by atoms with Crippen molar-refractivity contribution in [2.45, 2.75) is 33.8 Å². The number of nitrogens with one attached hydrogen (secondary N) is 2. The van der Waals surface area contributed by atoms with Gasteiger partial charge in [-0.05, 0) is 38.5 Å². The van der Waals surface area contributed by atoms with Crippen LogP contribution in [-0.2, 0) is 22.6 Å². The predicted molar refractivity (Wildman–Crippen MR) is 124 cm³/mol. The number of amides is 1. The number of aromatic nitrogens is 3. The first-order valence-corrected chi connectivity index (χ1v) is 11.5. The number of anilines is 1. The standard InChI is InChI=1S/C22H20N4O4S2/c1-11-4-6-14(7-5-11)25-16(27)8-17-26-15(10-31-17)9-30-22(29)19-12(2)18-20(28)23-13(3)24-21(18)32-19/h4-7,10H,8-9H2,1-3H3,(H,25,27)(H,23,24,28). The fourth-order valence-corrected chi connectivity index (χ4v) is 5.03. The van der Waals surface area contributed by atoms with Gasteiger partial charge in [0.15, 0.2) is 0 Å². The Balaban J connectivity index is 1.37. The van der Waals surface area contributed by atoms with E-state index < -0.39 is 5.97 Å². The number of fused-ring (bicyclic) bond motifs is 1. The quantitative estimate of drug-likeness (QED) is 0.415. The summed E-state index contributed by atoms with van der Waals surface area (Å²) < 4.78 is 5.39. The summed E-state index contributed by atoms with van der Waals surface area (Å²) >= 11 is 2.47. The second-order valence-corrected chi connectivity index (χ2v) is 9.23. The molecule has 3 heterocycles. The van der Waals surface area contributed by atoms with Crippen LogP contribution < -0.4 is 10.9 Å². The van der Waals surface area contributed by atoms with Gasteiger partial charge in [-0.25, -0.2) is 14.8 Å². The van der Waals surface area contributed by atoms with Crippen molar-refractivity contribution in [3.05, 3.63) is 72.5 Å². The summed E-state index contributed by atoms with van der Waals surface area (Å²) in [7, 11) is 0. The largest absolute Gasteiger partial charge is 0.455 e. The minimum Gasteiger partial charge on any atom is -0.455 e. The Kier molecular flexibility index (Phi) is 6.15. The third-order valence-corrected chi connectivity index (χ3v) is 6.77. The number of nitrogens with zero attached hydrogens (tertiary/aromatic N) is 2. The normalized spacial score (nSPS) is 11.0. The Hall–Kier alpha value is -3.37. The van der Waals surface area contributed by atoms with Crippen LogP contribution in [0.1, 0.15) is 37.3 Å². The number of carbonyl (C=O) groups is 2. The number of thiazole rings is 1. The molecule has 0 spiro atoms. The topological polar surface area (TPSA) is 114 Å². The van der Waals surface area contributed by atoms with Crippen molar-refractivity contribution in [3.63, 3.8) is 0 Å². The smallest absolute Gasteiger partial charge is 0.349 e. The number of H-pyrrole nitrogens is 1. The molecule has 4 aromatic rings. The highest BCUT2D eigenvalue weighted by Gasteiger charge is 2.20. The van der Waals surface area contributed by atoms with Gasteiger partial charge in [0.05, 0.1) is 17.5 Å². The van der Waals surface area contributed by atoms with E-state index in [-0.39, 0.29) is 24.5 Å². The molecule has 2 N–H and O–H groups in total. The van der Waals surface area contributed by atoms with Crippen LogP contribution >= 0.6 is 22.7 Å². The zero-order valence-corrected chi connectivity index (χ0v) is 19.3. The van der Waals surface area contributed by atoms with Crippen LogP contribution in [0.25, 0.3) is 10.2 Å². The molecule has 32 heavy (non-hydrogen) atoms. The number of ether oxygens (including phenoxy) is 1. The minimum absolute atomic E-state index is 0.0224. The summed E-state index contributed by atoms with van der Waals surface area (Å²) in [4.78, 5) is 49.2. The molecular weight excluding hydrogens is 448 g/mol. The maximum Gasteiger partial charge on any atom is 0.349 e. The number of thiophene rings is 1. The number of aryl methyl sites for hydroxylation is 3. The van der Waals surface area contributed by atoms with Gasteiger partial charge in [-0.15, -0.1) is 22.7 Å². The summed E-state index contributed by atoms with van der Waals surface area (Å²) in [6, 6.07) is 7.55.